The SMILES string of the molecule is O=C(COC(=O)/C=C/c1ccc(F)cc1)Nc1ccc2c(c1)OCCO2. The summed E-state index contributed by atoms with van der Waals surface area (Å²) < 4.78 is 28.5. The Labute approximate surface area is 149 Å². The van der Waals surface area contributed by atoms with Gasteiger partial charge >= 0.3 is 5.97 Å². The summed E-state index contributed by atoms with van der Waals surface area (Å²) in [5, 5.41) is 2.61. The molecule has 0 saturated heterocycles. The fourth-order valence-corrected chi connectivity index (χ4v) is 2.24. The molecule has 0 fully saturated rings. The molecule has 0 bridgehead atoms. The third kappa shape index (κ3) is 4.83. The van der Waals surface area contributed by atoms with Gasteiger partial charge in [-0.15, -0.1) is 0 Å². The van der Waals surface area contributed by atoms with E-state index in [1.54, 1.807) is 18.2 Å². The van der Waals surface area contributed by atoms with Crippen molar-refractivity contribution in [2.45, 2.75) is 0 Å². The van der Waals surface area contributed by atoms with Crippen LogP contribution in [0.25, 0.3) is 6.08 Å². The summed E-state index contributed by atoms with van der Waals surface area (Å²) in [6.45, 7) is 0.504. The normalized spacial score (nSPS) is 12.7. The number of carbonyl (C=O) groups excluding carboxylic acids is 2. The van der Waals surface area contributed by atoms with E-state index in [0.29, 0.717) is 36.0 Å². The van der Waals surface area contributed by atoms with Crippen molar-refractivity contribution in [1.29, 1.82) is 0 Å². The van der Waals surface area contributed by atoms with Crippen molar-refractivity contribution < 1.29 is 28.2 Å². The van der Waals surface area contributed by atoms with Gasteiger partial charge < -0.3 is 19.5 Å². The Morgan fingerprint density at radius 3 is 2.58 bits per heavy atom. The molecule has 0 atom stereocenters. The molecule has 3 rings (SSSR count). The molecule has 0 spiro atoms. The zero-order valence-electron chi connectivity index (χ0n) is 13.7. The summed E-state index contributed by atoms with van der Waals surface area (Å²) in [6, 6.07) is 10.6. The number of amides is 1. The number of benzene rings is 2. The standard InChI is InChI=1S/C19H16FNO5/c20-14-4-1-13(2-5-14)3-8-19(23)26-12-18(22)21-15-6-7-16-17(11-15)25-10-9-24-16/h1-8,11H,9-10,12H2,(H,21,22)/b8-3+. The molecule has 1 aliphatic rings. The zero-order chi connectivity index (χ0) is 18.4. The average Bonchev–Trinajstić information content (AvgIpc) is 2.66. The Morgan fingerprint density at radius 1 is 1.08 bits per heavy atom. The van der Waals surface area contributed by atoms with Crippen LogP contribution in [0.1, 0.15) is 5.56 Å². The highest BCUT2D eigenvalue weighted by Crippen LogP contribution is 2.32. The van der Waals surface area contributed by atoms with Crippen LogP contribution in [0.5, 0.6) is 11.5 Å². The number of carbonyl (C=O) groups is 2. The highest BCUT2D eigenvalue weighted by molar-refractivity contribution is 5.94. The maximum Gasteiger partial charge on any atom is 0.331 e. The van der Waals surface area contributed by atoms with Crippen molar-refractivity contribution in [2.24, 2.45) is 0 Å². The predicted molar refractivity (Wildman–Crippen MR) is 92.5 cm³/mol. The molecule has 26 heavy (non-hydrogen) atoms. The highest BCUT2D eigenvalue weighted by atomic mass is 19.1. The molecule has 0 saturated carbocycles. The van der Waals surface area contributed by atoms with Gasteiger partial charge in [0.15, 0.2) is 18.1 Å². The molecule has 2 aromatic carbocycles. The van der Waals surface area contributed by atoms with E-state index >= 15 is 0 Å². The number of anilines is 1. The molecular formula is C19H16FNO5. The Morgan fingerprint density at radius 2 is 1.81 bits per heavy atom. The molecule has 0 aromatic heterocycles. The van der Waals surface area contributed by atoms with Crippen LogP contribution >= 0.6 is 0 Å². The highest BCUT2D eigenvalue weighted by Gasteiger charge is 2.13. The Bertz CT molecular complexity index is 832. The topological polar surface area (TPSA) is 73.9 Å². The van der Waals surface area contributed by atoms with E-state index in [1.165, 1.54) is 36.4 Å². The summed E-state index contributed by atoms with van der Waals surface area (Å²) in [5.41, 5.74) is 1.15. The number of halogens is 1. The van der Waals surface area contributed by atoms with Crippen molar-refractivity contribution in [1.82, 2.24) is 0 Å². The minimum Gasteiger partial charge on any atom is -0.486 e. The first-order chi connectivity index (χ1) is 12.6. The first-order valence-electron chi connectivity index (χ1n) is 7.90. The van der Waals surface area contributed by atoms with Crippen LogP contribution in [0.15, 0.2) is 48.5 Å². The van der Waals surface area contributed by atoms with Gasteiger partial charge in [0, 0.05) is 17.8 Å². The van der Waals surface area contributed by atoms with Crippen LogP contribution in [0.2, 0.25) is 0 Å². The van der Waals surface area contributed by atoms with Crippen LogP contribution < -0.4 is 14.8 Å². The van der Waals surface area contributed by atoms with Crippen LogP contribution in [0, 0.1) is 5.82 Å². The lowest BCUT2D eigenvalue weighted by molar-refractivity contribution is -0.142. The molecule has 0 unspecified atom stereocenters. The third-order valence-corrected chi connectivity index (χ3v) is 3.45. The average molecular weight is 357 g/mol. The van der Waals surface area contributed by atoms with Gasteiger partial charge in [0.25, 0.3) is 5.91 Å². The number of nitrogens with one attached hydrogen (secondary N) is 1. The molecule has 134 valence electrons. The van der Waals surface area contributed by atoms with Gasteiger partial charge in [-0.3, -0.25) is 4.79 Å². The Hall–Kier alpha value is -3.35. The second-order valence-corrected chi connectivity index (χ2v) is 5.40. The van der Waals surface area contributed by atoms with E-state index in [1.807, 2.05) is 0 Å². The van der Waals surface area contributed by atoms with E-state index in [0.717, 1.165) is 0 Å². The summed E-state index contributed by atoms with van der Waals surface area (Å²) in [5.74, 6) is -0.350. The second kappa shape index (κ2) is 8.15. The van der Waals surface area contributed by atoms with Crippen LogP contribution in [0.3, 0.4) is 0 Å². The lowest BCUT2D eigenvalue weighted by Gasteiger charge is -2.18. The number of hydrogen-bond donors (Lipinski definition) is 1. The molecule has 7 heteroatoms. The van der Waals surface area contributed by atoms with Crippen molar-refractivity contribution in [3.63, 3.8) is 0 Å². The molecule has 1 aliphatic heterocycles. The van der Waals surface area contributed by atoms with Gasteiger partial charge in [-0.1, -0.05) is 12.1 Å². The van der Waals surface area contributed by atoms with E-state index in [9.17, 15) is 14.0 Å². The van der Waals surface area contributed by atoms with Gasteiger partial charge in [-0.25, -0.2) is 9.18 Å². The number of esters is 1. The number of hydrogen-bond acceptors (Lipinski definition) is 5. The predicted octanol–water partition coefficient (Wildman–Crippen LogP) is 2.79. The van der Waals surface area contributed by atoms with Gasteiger partial charge in [0.2, 0.25) is 0 Å². The lowest BCUT2D eigenvalue weighted by Crippen LogP contribution is -2.20. The van der Waals surface area contributed by atoms with Gasteiger partial charge in [0.1, 0.15) is 19.0 Å². The molecule has 1 amide bonds. The number of ether oxygens (including phenoxy) is 3. The van der Waals surface area contributed by atoms with Crippen molar-refractivity contribution in [3.05, 3.63) is 59.9 Å². The van der Waals surface area contributed by atoms with Gasteiger partial charge in [-0.2, -0.15) is 0 Å². The third-order valence-electron chi connectivity index (χ3n) is 3.45. The fraction of sp³-hybridized carbons (Fsp3) is 0.158. The molecule has 1 heterocycles. The zero-order valence-corrected chi connectivity index (χ0v) is 13.7. The van der Waals surface area contributed by atoms with Crippen molar-refractivity contribution in [2.75, 3.05) is 25.1 Å². The minimum atomic E-state index is -0.674. The number of rotatable bonds is 5. The molecule has 0 radical (unpaired) electrons. The molecule has 2 aromatic rings. The van der Waals surface area contributed by atoms with E-state index in [2.05, 4.69) is 5.32 Å². The monoisotopic (exact) mass is 357 g/mol. The van der Waals surface area contributed by atoms with E-state index < -0.39 is 18.5 Å². The summed E-state index contributed by atoms with van der Waals surface area (Å²) in [6.07, 6.45) is 2.64. The second-order valence-electron chi connectivity index (χ2n) is 5.40. The smallest absolute Gasteiger partial charge is 0.331 e. The van der Waals surface area contributed by atoms with Crippen LogP contribution in [-0.2, 0) is 14.3 Å². The van der Waals surface area contributed by atoms with E-state index in [-0.39, 0.29) is 5.82 Å². The van der Waals surface area contributed by atoms with Crippen molar-refractivity contribution in [3.8, 4) is 11.5 Å². The number of fused-ring (bicyclic) bond motifs is 1. The molecule has 1 N–H and O–H groups in total. The summed E-state index contributed by atoms with van der Waals surface area (Å²) >= 11 is 0. The van der Waals surface area contributed by atoms with E-state index in [4.69, 9.17) is 14.2 Å². The minimum absolute atomic E-state index is 0.361. The lowest BCUT2D eigenvalue weighted by atomic mass is 10.2. The van der Waals surface area contributed by atoms with Gasteiger partial charge in [-0.05, 0) is 35.9 Å². The Balaban J connectivity index is 1.47. The summed E-state index contributed by atoms with van der Waals surface area (Å²) in [7, 11) is 0. The first-order valence-corrected chi connectivity index (χ1v) is 7.90. The first kappa shape index (κ1) is 17.5. The summed E-state index contributed by atoms with van der Waals surface area (Å²) in [4.78, 5) is 23.5. The molecule has 6 nitrogen and oxygen atoms in total. The quantitative estimate of drug-likeness (QED) is 0.658. The van der Waals surface area contributed by atoms with Crippen LogP contribution in [0.4, 0.5) is 10.1 Å². The van der Waals surface area contributed by atoms with Crippen molar-refractivity contribution >= 4 is 23.6 Å². The Kier molecular flexibility index (Phi) is 5.48. The maximum absolute atomic E-state index is 12.8. The van der Waals surface area contributed by atoms with Gasteiger partial charge in [0.05, 0.1) is 0 Å². The molecule has 0 aliphatic carbocycles. The largest absolute Gasteiger partial charge is 0.486 e. The van der Waals surface area contributed by atoms with Crippen LogP contribution in [-0.4, -0.2) is 31.7 Å². The molecular weight excluding hydrogens is 341 g/mol. The maximum atomic E-state index is 12.8. The fourth-order valence-electron chi connectivity index (χ4n) is 2.24.